The summed E-state index contributed by atoms with van der Waals surface area (Å²) in [6, 6.07) is -0.157. The van der Waals surface area contributed by atoms with Gasteiger partial charge in [-0.05, 0) is 25.7 Å². The molecule has 0 bridgehead atoms. The average molecular weight is 333 g/mol. The molecular weight excluding hydrogens is 306 g/mol. The highest BCUT2D eigenvalue weighted by atomic mass is 32.2. The maximum Gasteiger partial charge on any atom is 0.225 e. The Bertz CT molecular complexity index is 459. The van der Waals surface area contributed by atoms with Crippen molar-refractivity contribution in [2.75, 3.05) is 37.9 Å². The minimum Gasteiger partial charge on any atom is -0.378 e. The molecule has 2 heterocycles. The van der Waals surface area contributed by atoms with E-state index in [4.69, 9.17) is 9.47 Å². The van der Waals surface area contributed by atoms with Crippen LogP contribution in [-0.2, 0) is 24.1 Å². The summed E-state index contributed by atoms with van der Waals surface area (Å²) < 4.78 is 34.2. The number of hydrogen-bond donors (Lipinski definition) is 0. The highest BCUT2D eigenvalue weighted by molar-refractivity contribution is 7.91. The van der Waals surface area contributed by atoms with Crippen molar-refractivity contribution in [2.45, 2.75) is 51.2 Å². The van der Waals surface area contributed by atoms with E-state index in [0.29, 0.717) is 32.6 Å². The van der Waals surface area contributed by atoms with Gasteiger partial charge in [0, 0.05) is 19.2 Å². The van der Waals surface area contributed by atoms with Crippen LogP contribution in [0.4, 0.5) is 0 Å². The zero-order valence-corrected chi connectivity index (χ0v) is 14.1. The Balaban J connectivity index is 1.74. The van der Waals surface area contributed by atoms with Crippen LogP contribution in [0.5, 0.6) is 0 Å². The first kappa shape index (κ1) is 17.7. The molecule has 22 heavy (non-hydrogen) atoms. The predicted molar refractivity (Wildman–Crippen MR) is 83.5 cm³/mol. The predicted octanol–water partition coefficient (Wildman–Crippen LogP) is 0.998. The van der Waals surface area contributed by atoms with Crippen LogP contribution in [0.25, 0.3) is 0 Å². The first-order chi connectivity index (χ1) is 10.5. The Kier molecular flexibility index (Phi) is 6.65. The van der Waals surface area contributed by atoms with Crippen LogP contribution in [0, 0.1) is 0 Å². The number of nitrogens with zero attached hydrogens (tertiary/aromatic N) is 1. The van der Waals surface area contributed by atoms with Crippen molar-refractivity contribution in [3.05, 3.63) is 0 Å². The molecule has 128 valence electrons. The van der Waals surface area contributed by atoms with Crippen LogP contribution in [0.15, 0.2) is 0 Å². The van der Waals surface area contributed by atoms with E-state index in [9.17, 15) is 13.2 Å². The second-order valence-corrected chi connectivity index (χ2v) is 8.33. The molecule has 2 saturated heterocycles. The monoisotopic (exact) mass is 333 g/mol. The zero-order chi connectivity index (χ0) is 16.0. The summed E-state index contributed by atoms with van der Waals surface area (Å²) in [5.74, 6) is 0.298. The second-order valence-electron chi connectivity index (χ2n) is 6.10. The summed E-state index contributed by atoms with van der Waals surface area (Å²) in [5.41, 5.74) is 0. The molecule has 6 nitrogen and oxygen atoms in total. The van der Waals surface area contributed by atoms with E-state index >= 15 is 0 Å². The minimum absolute atomic E-state index is 0.00343. The van der Waals surface area contributed by atoms with Gasteiger partial charge in [0.25, 0.3) is 0 Å². The highest BCUT2D eigenvalue weighted by Gasteiger charge is 2.34. The van der Waals surface area contributed by atoms with E-state index in [1.54, 1.807) is 4.90 Å². The van der Waals surface area contributed by atoms with E-state index < -0.39 is 9.84 Å². The van der Waals surface area contributed by atoms with Crippen LogP contribution < -0.4 is 0 Å². The average Bonchev–Trinajstić information content (AvgIpc) is 3.10. The maximum absolute atomic E-state index is 12.3. The molecule has 0 N–H and O–H groups in total. The van der Waals surface area contributed by atoms with E-state index in [1.165, 1.54) is 0 Å². The molecular formula is C15H27NO5S. The van der Waals surface area contributed by atoms with Crippen molar-refractivity contribution in [3.63, 3.8) is 0 Å². The summed E-state index contributed by atoms with van der Waals surface area (Å²) in [5, 5.41) is 0. The molecule has 2 atom stereocenters. The molecule has 0 radical (unpaired) electrons. The van der Waals surface area contributed by atoms with Crippen molar-refractivity contribution in [1.29, 1.82) is 0 Å². The number of carbonyl (C=O) groups excluding carboxylic acids is 1. The van der Waals surface area contributed by atoms with Crippen LogP contribution in [0.2, 0.25) is 0 Å². The SMILES string of the molecule is CCCN(C(=O)CCOCC1CCCO1)C1CCS(=O)(=O)C1. The summed E-state index contributed by atoms with van der Waals surface area (Å²) >= 11 is 0. The maximum atomic E-state index is 12.3. The van der Waals surface area contributed by atoms with Crippen molar-refractivity contribution in [1.82, 2.24) is 4.90 Å². The minimum atomic E-state index is -2.97. The fourth-order valence-electron chi connectivity index (χ4n) is 3.07. The van der Waals surface area contributed by atoms with Gasteiger partial charge in [0.15, 0.2) is 9.84 Å². The van der Waals surface area contributed by atoms with Gasteiger partial charge in [-0.2, -0.15) is 0 Å². The summed E-state index contributed by atoms with van der Waals surface area (Å²) in [6.07, 6.45) is 3.97. The van der Waals surface area contributed by atoms with Gasteiger partial charge < -0.3 is 14.4 Å². The van der Waals surface area contributed by atoms with Gasteiger partial charge in [-0.25, -0.2) is 8.42 Å². The van der Waals surface area contributed by atoms with Gasteiger partial charge in [-0.15, -0.1) is 0 Å². The Morgan fingerprint density at radius 2 is 2.18 bits per heavy atom. The molecule has 2 aliphatic heterocycles. The number of sulfone groups is 1. The first-order valence-electron chi connectivity index (χ1n) is 8.21. The number of amides is 1. The second kappa shape index (κ2) is 8.26. The van der Waals surface area contributed by atoms with E-state index in [0.717, 1.165) is 25.9 Å². The Morgan fingerprint density at radius 3 is 2.77 bits per heavy atom. The van der Waals surface area contributed by atoms with E-state index in [-0.39, 0.29) is 29.6 Å². The van der Waals surface area contributed by atoms with E-state index in [2.05, 4.69) is 0 Å². The van der Waals surface area contributed by atoms with Crippen molar-refractivity contribution in [3.8, 4) is 0 Å². The summed E-state index contributed by atoms with van der Waals surface area (Å²) in [7, 11) is -2.97. The normalized spacial score (nSPS) is 27.1. The standard InChI is InChI=1S/C15H27NO5S/c1-2-7-16(13-6-10-22(18,19)12-13)15(17)5-9-20-11-14-4-3-8-21-14/h13-14H,2-12H2,1H3. The van der Waals surface area contributed by atoms with Crippen LogP contribution >= 0.6 is 0 Å². The smallest absolute Gasteiger partial charge is 0.225 e. The third-order valence-electron chi connectivity index (χ3n) is 4.22. The Morgan fingerprint density at radius 1 is 1.36 bits per heavy atom. The molecule has 0 saturated carbocycles. The zero-order valence-electron chi connectivity index (χ0n) is 13.3. The number of hydrogen-bond acceptors (Lipinski definition) is 5. The number of ether oxygens (including phenoxy) is 2. The molecule has 2 rings (SSSR count). The van der Waals surface area contributed by atoms with Crippen molar-refractivity contribution in [2.24, 2.45) is 0 Å². The quantitative estimate of drug-likeness (QED) is 0.620. The fraction of sp³-hybridized carbons (Fsp3) is 0.933. The van der Waals surface area contributed by atoms with Gasteiger partial charge in [0.05, 0.1) is 37.2 Å². The Labute approximate surface area is 133 Å². The summed E-state index contributed by atoms with van der Waals surface area (Å²) in [6.45, 7) is 4.33. The van der Waals surface area contributed by atoms with Crippen molar-refractivity contribution >= 4 is 15.7 Å². The van der Waals surface area contributed by atoms with E-state index in [1.807, 2.05) is 6.92 Å². The lowest BCUT2D eigenvalue weighted by Gasteiger charge is -2.28. The van der Waals surface area contributed by atoms with Gasteiger partial charge in [-0.1, -0.05) is 6.92 Å². The molecule has 0 aromatic heterocycles. The van der Waals surface area contributed by atoms with Gasteiger partial charge >= 0.3 is 0 Å². The topological polar surface area (TPSA) is 72.9 Å². The van der Waals surface area contributed by atoms with Gasteiger partial charge in [0.1, 0.15) is 0 Å². The van der Waals surface area contributed by atoms with Crippen LogP contribution in [-0.4, -0.2) is 69.2 Å². The molecule has 2 fully saturated rings. The lowest BCUT2D eigenvalue weighted by molar-refractivity contribution is -0.134. The number of carbonyl (C=O) groups is 1. The molecule has 7 heteroatoms. The third-order valence-corrected chi connectivity index (χ3v) is 5.97. The van der Waals surface area contributed by atoms with Gasteiger partial charge in [-0.3, -0.25) is 4.79 Å². The fourth-order valence-corrected chi connectivity index (χ4v) is 4.80. The van der Waals surface area contributed by atoms with Crippen LogP contribution in [0.1, 0.15) is 39.0 Å². The first-order valence-corrected chi connectivity index (χ1v) is 10.0. The molecule has 0 aliphatic carbocycles. The Hall–Kier alpha value is -0.660. The van der Waals surface area contributed by atoms with Crippen LogP contribution in [0.3, 0.4) is 0 Å². The third kappa shape index (κ3) is 5.21. The molecule has 2 unspecified atom stereocenters. The summed E-state index contributed by atoms with van der Waals surface area (Å²) in [4.78, 5) is 14.1. The molecule has 2 aliphatic rings. The molecule has 0 spiro atoms. The largest absolute Gasteiger partial charge is 0.378 e. The molecule has 1 amide bonds. The molecule has 0 aromatic carbocycles. The van der Waals surface area contributed by atoms with Crippen molar-refractivity contribution < 1.29 is 22.7 Å². The highest BCUT2D eigenvalue weighted by Crippen LogP contribution is 2.19. The lowest BCUT2D eigenvalue weighted by atomic mass is 10.2. The lowest BCUT2D eigenvalue weighted by Crippen LogP contribution is -2.42. The number of rotatable bonds is 8. The molecule has 0 aromatic rings. The van der Waals surface area contributed by atoms with Gasteiger partial charge in [0.2, 0.25) is 5.91 Å².